The normalized spacial score (nSPS) is 19.4. The Balaban J connectivity index is 1.25. The van der Waals surface area contributed by atoms with E-state index in [9.17, 15) is 4.79 Å². The van der Waals surface area contributed by atoms with Crippen LogP contribution in [-0.2, 0) is 13.1 Å². The number of H-pyrrole nitrogens is 1. The molecule has 3 N–H and O–H groups in total. The molecule has 1 aromatic carbocycles. The lowest BCUT2D eigenvalue weighted by Gasteiger charge is -2.29. The van der Waals surface area contributed by atoms with Gasteiger partial charge in [-0.3, -0.25) is 4.79 Å². The Labute approximate surface area is 178 Å². The highest BCUT2D eigenvalue weighted by molar-refractivity contribution is 7.17. The van der Waals surface area contributed by atoms with E-state index in [-0.39, 0.29) is 5.56 Å². The molecule has 6 nitrogen and oxygen atoms in total. The number of piperazine rings is 1. The van der Waals surface area contributed by atoms with Gasteiger partial charge in [0.1, 0.15) is 49.9 Å². The summed E-state index contributed by atoms with van der Waals surface area (Å²) in [4.78, 5) is 24.4. The maximum absolute atomic E-state index is 12.8. The van der Waals surface area contributed by atoms with Crippen molar-refractivity contribution in [1.82, 2.24) is 9.97 Å². The fourth-order valence-corrected chi connectivity index (χ4v) is 5.30. The fourth-order valence-electron chi connectivity index (χ4n) is 4.35. The van der Waals surface area contributed by atoms with Crippen LogP contribution in [0.3, 0.4) is 0 Å². The second kappa shape index (κ2) is 8.18. The van der Waals surface area contributed by atoms with Crippen molar-refractivity contribution in [3.63, 3.8) is 0 Å². The number of quaternary nitrogens is 2. The topological polar surface area (TPSA) is 67.8 Å². The Kier molecular flexibility index (Phi) is 5.25. The van der Waals surface area contributed by atoms with E-state index >= 15 is 0 Å². The number of furan rings is 1. The molecule has 0 unspecified atom stereocenters. The van der Waals surface area contributed by atoms with Crippen molar-refractivity contribution in [3.05, 3.63) is 75.3 Å². The molecule has 0 spiro atoms. The van der Waals surface area contributed by atoms with Gasteiger partial charge in [-0.1, -0.05) is 29.8 Å². The highest BCUT2D eigenvalue weighted by atomic mass is 32.1. The van der Waals surface area contributed by atoms with Gasteiger partial charge in [-0.25, -0.2) is 4.98 Å². The number of hydrogen-bond donors (Lipinski definition) is 3. The lowest BCUT2D eigenvalue weighted by Crippen LogP contribution is -3.27. The molecule has 1 aliphatic heterocycles. The number of aromatic amines is 1. The van der Waals surface area contributed by atoms with E-state index in [4.69, 9.17) is 9.40 Å². The first-order chi connectivity index (χ1) is 14.7. The van der Waals surface area contributed by atoms with Gasteiger partial charge in [0, 0.05) is 16.5 Å². The van der Waals surface area contributed by atoms with Crippen LogP contribution in [0, 0.1) is 6.92 Å². The van der Waals surface area contributed by atoms with Crippen molar-refractivity contribution in [2.75, 3.05) is 26.2 Å². The zero-order chi connectivity index (χ0) is 20.5. The van der Waals surface area contributed by atoms with E-state index in [1.807, 2.05) is 17.5 Å². The molecule has 0 atom stereocenters. The summed E-state index contributed by atoms with van der Waals surface area (Å²) in [6.07, 6.45) is 1.62. The van der Waals surface area contributed by atoms with Gasteiger partial charge < -0.3 is 19.2 Å². The predicted octanol–water partition coefficient (Wildman–Crippen LogP) is 1.04. The predicted molar refractivity (Wildman–Crippen MR) is 118 cm³/mol. The minimum absolute atomic E-state index is 0.0780. The number of aromatic nitrogens is 2. The van der Waals surface area contributed by atoms with Crippen LogP contribution in [0.25, 0.3) is 21.5 Å². The average molecular weight is 423 g/mol. The summed E-state index contributed by atoms with van der Waals surface area (Å²) in [6, 6.07) is 12.5. The second-order valence-electron chi connectivity index (χ2n) is 8.16. The molecule has 0 aliphatic carbocycles. The molecule has 5 rings (SSSR count). The molecule has 1 aliphatic rings. The quantitative estimate of drug-likeness (QED) is 0.450. The van der Waals surface area contributed by atoms with Gasteiger partial charge in [-0.05, 0) is 19.1 Å². The molecule has 0 bridgehead atoms. The van der Waals surface area contributed by atoms with Crippen molar-refractivity contribution in [2.24, 2.45) is 0 Å². The van der Waals surface area contributed by atoms with Gasteiger partial charge >= 0.3 is 0 Å². The molecule has 0 amide bonds. The SMILES string of the molecule is Cc1cccc(C[NH+]2CC[NH+](Cc3nc4scc(-c5ccco5)c4c(=O)[nH]3)CC2)c1. The summed E-state index contributed by atoms with van der Waals surface area (Å²) in [5.41, 5.74) is 3.48. The molecule has 4 heterocycles. The van der Waals surface area contributed by atoms with Crippen LogP contribution in [0.15, 0.2) is 57.3 Å². The molecule has 30 heavy (non-hydrogen) atoms. The number of rotatable bonds is 5. The third-order valence-electron chi connectivity index (χ3n) is 5.90. The third-order valence-corrected chi connectivity index (χ3v) is 6.77. The van der Waals surface area contributed by atoms with Crippen molar-refractivity contribution < 1.29 is 14.2 Å². The van der Waals surface area contributed by atoms with E-state index in [0.29, 0.717) is 11.1 Å². The molecule has 0 saturated carbocycles. The van der Waals surface area contributed by atoms with Gasteiger partial charge in [0.2, 0.25) is 0 Å². The van der Waals surface area contributed by atoms with E-state index in [1.165, 1.54) is 27.4 Å². The Morgan fingerprint density at radius 3 is 2.63 bits per heavy atom. The molecule has 3 aromatic heterocycles. The molecule has 0 radical (unpaired) electrons. The zero-order valence-electron chi connectivity index (χ0n) is 17.0. The monoisotopic (exact) mass is 422 g/mol. The summed E-state index contributed by atoms with van der Waals surface area (Å²) in [7, 11) is 0. The molecule has 154 valence electrons. The van der Waals surface area contributed by atoms with Crippen LogP contribution in [0.4, 0.5) is 0 Å². The van der Waals surface area contributed by atoms with Gasteiger partial charge in [-0.15, -0.1) is 11.3 Å². The zero-order valence-corrected chi connectivity index (χ0v) is 17.8. The van der Waals surface area contributed by atoms with Crippen LogP contribution in [-0.4, -0.2) is 36.1 Å². The highest BCUT2D eigenvalue weighted by Gasteiger charge is 2.24. The van der Waals surface area contributed by atoms with Gasteiger partial charge in [0.05, 0.1) is 11.6 Å². The smallest absolute Gasteiger partial charge is 0.260 e. The summed E-state index contributed by atoms with van der Waals surface area (Å²) in [5.74, 6) is 1.48. The van der Waals surface area contributed by atoms with Crippen LogP contribution in [0.2, 0.25) is 0 Å². The first kappa shape index (κ1) is 19.2. The van der Waals surface area contributed by atoms with Crippen molar-refractivity contribution in [1.29, 1.82) is 0 Å². The molecular formula is C23H26N4O2S+2. The maximum Gasteiger partial charge on any atom is 0.260 e. The fraction of sp³-hybridized carbons (Fsp3) is 0.304. The largest absolute Gasteiger partial charge is 0.464 e. The standard InChI is InChI=1S/C23H24N4O2S/c1-16-4-2-5-17(12-16)13-26-7-9-27(10-8-26)14-20-24-22(28)21-18(15-30-23(21)25-20)19-6-3-11-29-19/h2-6,11-12,15H,7-10,13-14H2,1H3,(H,24,25,28)/p+2. The Bertz CT molecular complexity index is 1200. The van der Waals surface area contributed by atoms with E-state index < -0.39 is 0 Å². The van der Waals surface area contributed by atoms with Gasteiger partial charge in [0.15, 0.2) is 5.82 Å². The van der Waals surface area contributed by atoms with Gasteiger partial charge in [-0.2, -0.15) is 0 Å². The Hall–Kier alpha value is -2.74. The molecule has 1 fully saturated rings. The van der Waals surface area contributed by atoms with Crippen molar-refractivity contribution in [3.8, 4) is 11.3 Å². The minimum atomic E-state index is -0.0780. The first-order valence-corrected chi connectivity index (χ1v) is 11.3. The minimum Gasteiger partial charge on any atom is -0.464 e. The summed E-state index contributed by atoms with van der Waals surface area (Å²) in [5, 5.41) is 2.58. The van der Waals surface area contributed by atoms with E-state index in [2.05, 4.69) is 36.2 Å². The lowest BCUT2D eigenvalue weighted by atomic mass is 10.1. The second-order valence-corrected chi connectivity index (χ2v) is 9.02. The molecule has 1 saturated heterocycles. The lowest BCUT2D eigenvalue weighted by molar-refractivity contribution is -1.02. The van der Waals surface area contributed by atoms with E-state index in [0.717, 1.165) is 55.5 Å². The number of aryl methyl sites for hydroxylation is 1. The highest BCUT2D eigenvalue weighted by Crippen LogP contribution is 2.30. The number of thiophene rings is 1. The Morgan fingerprint density at radius 2 is 1.90 bits per heavy atom. The number of nitrogens with one attached hydrogen (secondary N) is 3. The first-order valence-electron chi connectivity index (χ1n) is 10.4. The molecule has 4 aromatic rings. The number of nitrogens with zero attached hydrogens (tertiary/aromatic N) is 1. The van der Waals surface area contributed by atoms with Crippen LogP contribution in [0.5, 0.6) is 0 Å². The van der Waals surface area contributed by atoms with E-state index in [1.54, 1.807) is 11.2 Å². The molecular weight excluding hydrogens is 396 g/mol. The van der Waals surface area contributed by atoms with Gasteiger partial charge in [0.25, 0.3) is 5.56 Å². The van der Waals surface area contributed by atoms with Crippen LogP contribution >= 0.6 is 11.3 Å². The summed E-state index contributed by atoms with van der Waals surface area (Å²) in [6.45, 7) is 8.44. The van der Waals surface area contributed by atoms with Crippen molar-refractivity contribution in [2.45, 2.75) is 20.0 Å². The number of hydrogen-bond acceptors (Lipinski definition) is 4. The molecule has 7 heteroatoms. The maximum atomic E-state index is 12.8. The van der Waals surface area contributed by atoms with Crippen LogP contribution in [0.1, 0.15) is 17.0 Å². The summed E-state index contributed by atoms with van der Waals surface area (Å²) < 4.78 is 5.47. The number of benzene rings is 1. The van der Waals surface area contributed by atoms with Crippen LogP contribution < -0.4 is 15.4 Å². The van der Waals surface area contributed by atoms with Crippen molar-refractivity contribution >= 4 is 21.6 Å². The Morgan fingerprint density at radius 1 is 1.10 bits per heavy atom. The third kappa shape index (κ3) is 3.96. The average Bonchev–Trinajstić information content (AvgIpc) is 3.39. The number of fused-ring (bicyclic) bond motifs is 1. The summed E-state index contributed by atoms with van der Waals surface area (Å²) >= 11 is 1.50.